The van der Waals surface area contributed by atoms with Crippen LogP contribution in [-0.4, -0.2) is 27.3 Å². The van der Waals surface area contributed by atoms with E-state index in [1.807, 2.05) is 30.0 Å². The van der Waals surface area contributed by atoms with Crippen molar-refractivity contribution < 1.29 is 4.79 Å². The summed E-state index contributed by atoms with van der Waals surface area (Å²) in [4.78, 5) is 16.5. The minimum absolute atomic E-state index is 0.308. The molecule has 9 heteroatoms. The van der Waals surface area contributed by atoms with Crippen molar-refractivity contribution in [3.8, 4) is 5.13 Å². The van der Waals surface area contributed by atoms with Gasteiger partial charge in [-0.3, -0.25) is 0 Å². The minimum atomic E-state index is -0.308. The smallest absolute Gasteiger partial charge is 0.319 e. The highest BCUT2D eigenvalue weighted by Crippen LogP contribution is 2.24. The van der Waals surface area contributed by atoms with Crippen LogP contribution in [0.25, 0.3) is 5.13 Å². The first-order valence-electron chi connectivity index (χ1n) is 7.90. The first-order valence-corrected chi connectivity index (χ1v) is 9.54. The molecule has 0 spiro atoms. The molecule has 2 aromatic heterocycles. The maximum Gasteiger partial charge on any atom is 0.319 e. The molecule has 3 aromatic rings. The number of hydrogen-bond acceptors (Lipinski definition) is 4. The van der Waals surface area contributed by atoms with Crippen molar-refractivity contribution in [2.24, 2.45) is 0 Å². The molecule has 2 N–H and O–H groups in total. The van der Waals surface area contributed by atoms with Crippen LogP contribution in [0.1, 0.15) is 17.1 Å². The quantitative estimate of drug-likeness (QED) is 0.645. The Labute approximate surface area is 165 Å². The van der Waals surface area contributed by atoms with Crippen LogP contribution in [-0.2, 0) is 6.42 Å². The van der Waals surface area contributed by atoms with E-state index in [-0.39, 0.29) is 6.03 Å². The van der Waals surface area contributed by atoms with E-state index < -0.39 is 0 Å². The molecule has 0 saturated heterocycles. The Bertz CT molecular complexity index is 937. The molecule has 0 radical (unpaired) electrons. The molecule has 0 unspecified atom stereocenters. The lowest BCUT2D eigenvalue weighted by Crippen LogP contribution is -2.30. The first kappa shape index (κ1) is 18.7. The zero-order chi connectivity index (χ0) is 18.7. The van der Waals surface area contributed by atoms with Gasteiger partial charge in [0, 0.05) is 29.7 Å². The largest absolute Gasteiger partial charge is 0.337 e. The molecular formula is C17H17Cl2N5OS. The maximum atomic E-state index is 11.9. The summed E-state index contributed by atoms with van der Waals surface area (Å²) in [6.45, 7) is 4.41. The van der Waals surface area contributed by atoms with Gasteiger partial charge in [-0.2, -0.15) is 5.10 Å². The number of halogens is 2. The van der Waals surface area contributed by atoms with Crippen molar-refractivity contribution in [2.75, 3.05) is 11.9 Å². The monoisotopic (exact) mass is 409 g/mol. The molecule has 0 fully saturated rings. The van der Waals surface area contributed by atoms with Gasteiger partial charge in [0.15, 0.2) is 0 Å². The zero-order valence-electron chi connectivity index (χ0n) is 14.2. The lowest BCUT2D eigenvalue weighted by molar-refractivity contribution is 0.252. The van der Waals surface area contributed by atoms with Gasteiger partial charge in [0.1, 0.15) is 0 Å². The van der Waals surface area contributed by atoms with Gasteiger partial charge >= 0.3 is 6.03 Å². The van der Waals surface area contributed by atoms with E-state index >= 15 is 0 Å². The third kappa shape index (κ3) is 4.55. The van der Waals surface area contributed by atoms with Crippen LogP contribution in [0.3, 0.4) is 0 Å². The van der Waals surface area contributed by atoms with E-state index in [0.29, 0.717) is 28.7 Å². The number of aryl methyl sites for hydroxylation is 2. The Morgan fingerprint density at radius 3 is 2.73 bits per heavy atom. The molecular weight excluding hydrogens is 393 g/mol. The highest BCUT2D eigenvalue weighted by atomic mass is 35.5. The zero-order valence-corrected chi connectivity index (χ0v) is 16.5. The average molecular weight is 410 g/mol. The van der Waals surface area contributed by atoms with Crippen molar-refractivity contribution in [1.29, 1.82) is 0 Å². The van der Waals surface area contributed by atoms with Gasteiger partial charge in [-0.05, 0) is 38.1 Å². The molecule has 2 amide bonds. The predicted octanol–water partition coefficient (Wildman–Crippen LogP) is 4.62. The summed E-state index contributed by atoms with van der Waals surface area (Å²) in [5.74, 6) is 0. The second-order valence-electron chi connectivity index (χ2n) is 5.72. The predicted molar refractivity (Wildman–Crippen MR) is 106 cm³/mol. The Morgan fingerprint density at radius 2 is 2.04 bits per heavy atom. The normalized spacial score (nSPS) is 10.8. The first-order chi connectivity index (χ1) is 12.4. The molecule has 0 aliphatic carbocycles. The maximum absolute atomic E-state index is 11.9. The SMILES string of the molecule is Cc1cc(C)n(-c2nc(CCNC(=O)Nc3ccc(Cl)c(Cl)c3)cs2)n1. The number of hydrogen-bond donors (Lipinski definition) is 2. The number of rotatable bonds is 5. The second-order valence-corrected chi connectivity index (χ2v) is 7.37. The van der Waals surface area contributed by atoms with E-state index in [9.17, 15) is 4.79 Å². The summed E-state index contributed by atoms with van der Waals surface area (Å²) in [5.41, 5.74) is 3.49. The van der Waals surface area contributed by atoms with Crippen molar-refractivity contribution in [3.63, 3.8) is 0 Å². The summed E-state index contributed by atoms with van der Waals surface area (Å²) in [6, 6.07) is 6.63. The molecule has 3 rings (SSSR count). The fourth-order valence-corrected chi connectivity index (χ4v) is 3.55. The van der Waals surface area contributed by atoms with E-state index in [4.69, 9.17) is 23.2 Å². The fourth-order valence-electron chi connectivity index (χ4n) is 2.38. The van der Waals surface area contributed by atoms with E-state index in [1.165, 1.54) is 11.3 Å². The summed E-state index contributed by atoms with van der Waals surface area (Å²) < 4.78 is 1.83. The molecule has 1 aromatic carbocycles. The molecule has 2 heterocycles. The lowest BCUT2D eigenvalue weighted by atomic mass is 10.3. The average Bonchev–Trinajstić information content (AvgIpc) is 3.17. The van der Waals surface area contributed by atoms with Gasteiger partial charge in [-0.1, -0.05) is 23.2 Å². The molecule has 0 saturated carbocycles. The van der Waals surface area contributed by atoms with Gasteiger partial charge in [-0.25, -0.2) is 14.5 Å². The number of carbonyl (C=O) groups excluding carboxylic acids is 1. The number of amides is 2. The van der Waals surface area contributed by atoms with Crippen molar-refractivity contribution in [1.82, 2.24) is 20.1 Å². The third-order valence-electron chi connectivity index (χ3n) is 3.57. The topological polar surface area (TPSA) is 71.8 Å². The van der Waals surface area contributed by atoms with Crippen LogP contribution in [0, 0.1) is 13.8 Å². The number of benzene rings is 1. The summed E-state index contributed by atoms with van der Waals surface area (Å²) in [5, 5.41) is 13.6. The van der Waals surface area contributed by atoms with Crippen molar-refractivity contribution in [2.45, 2.75) is 20.3 Å². The lowest BCUT2D eigenvalue weighted by Gasteiger charge is -2.07. The Hall–Kier alpha value is -2.09. The van der Waals surface area contributed by atoms with Crippen LogP contribution in [0.5, 0.6) is 0 Å². The second kappa shape index (κ2) is 8.07. The number of thiazole rings is 1. The van der Waals surface area contributed by atoms with Crippen LogP contribution in [0.15, 0.2) is 29.6 Å². The highest BCUT2D eigenvalue weighted by molar-refractivity contribution is 7.12. The van der Waals surface area contributed by atoms with Crippen molar-refractivity contribution in [3.05, 3.63) is 56.8 Å². The number of carbonyl (C=O) groups is 1. The standard InChI is InChI=1S/C17H17Cl2N5OS/c1-10-7-11(2)24(23-10)17-22-13(9-26-17)5-6-20-16(25)21-12-3-4-14(18)15(19)8-12/h3-4,7-9H,5-6H2,1-2H3,(H2,20,21,25). The fraction of sp³-hybridized carbons (Fsp3) is 0.235. The number of anilines is 1. The van der Waals surface area contributed by atoms with Crippen LogP contribution in [0.2, 0.25) is 10.0 Å². The molecule has 6 nitrogen and oxygen atoms in total. The number of urea groups is 1. The Morgan fingerprint density at radius 1 is 1.23 bits per heavy atom. The molecule has 136 valence electrons. The number of nitrogens with one attached hydrogen (secondary N) is 2. The van der Waals surface area contributed by atoms with Gasteiger partial charge in [0.2, 0.25) is 5.13 Å². The summed E-state index contributed by atoms with van der Waals surface area (Å²) >= 11 is 13.3. The third-order valence-corrected chi connectivity index (χ3v) is 5.18. The summed E-state index contributed by atoms with van der Waals surface area (Å²) in [6.07, 6.45) is 0.630. The van der Waals surface area contributed by atoms with Gasteiger partial charge in [0.25, 0.3) is 0 Å². The highest BCUT2D eigenvalue weighted by Gasteiger charge is 2.09. The molecule has 0 bridgehead atoms. The van der Waals surface area contributed by atoms with E-state index in [0.717, 1.165) is 22.2 Å². The van der Waals surface area contributed by atoms with Gasteiger partial charge in [0.05, 0.1) is 21.4 Å². The number of nitrogens with zero attached hydrogens (tertiary/aromatic N) is 3. The minimum Gasteiger partial charge on any atom is -0.337 e. The molecule has 0 aliphatic heterocycles. The van der Waals surface area contributed by atoms with Gasteiger partial charge < -0.3 is 10.6 Å². The summed E-state index contributed by atoms with van der Waals surface area (Å²) in [7, 11) is 0. The van der Waals surface area contributed by atoms with Crippen molar-refractivity contribution >= 4 is 46.3 Å². The van der Waals surface area contributed by atoms with Crippen LogP contribution < -0.4 is 10.6 Å². The molecule has 0 aliphatic rings. The van der Waals surface area contributed by atoms with E-state index in [2.05, 4.69) is 20.7 Å². The van der Waals surface area contributed by atoms with Gasteiger partial charge in [-0.15, -0.1) is 11.3 Å². The van der Waals surface area contributed by atoms with Crippen LogP contribution in [0.4, 0.5) is 10.5 Å². The molecule has 0 atom stereocenters. The number of aromatic nitrogens is 3. The Balaban J connectivity index is 1.51. The van der Waals surface area contributed by atoms with Crippen LogP contribution >= 0.6 is 34.5 Å². The van der Waals surface area contributed by atoms with E-state index in [1.54, 1.807) is 18.2 Å². The Kier molecular flexibility index (Phi) is 5.80. The molecule has 26 heavy (non-hydrogen) atoms.